The van der Waals surface area contributed by atoms with Gasteiger partial charge >= 0.3 is 0 Å². The van der Waals surface area contributed by atoms with Crippen LogP contribution in [0.4, 0.5) is 0 Å². The van der Waals surface area contributed by atoms with Crippen LogP contribution in [0.15, 0.2) is 18.2 Å². The van der Waals surface area contributed by atoms with Gasteiger partial charge in [-0.05, 0) is 30.5 Å². The minimum absolute atomic E-state index is 0.0251. The van der Waals surface area contributed by atoms with E-state index in [1.54, 1.807) is 30.1 Å². The molecule has 1 aliphatic rings. The highest BCUT2D eigenvalue weighted by molar-refractivity contribution is 5.94. The van der Waals surface area contributed by atoms with Crippen molar-refractivity contribution in [2.75, 3.05) is 26.8 Å². The molecule has 0 aliphatic carbocycles. The van der Waals surface area contributed by atoms with Crippen LogP contribution < -0.4 is 15.2 Å². The minimum Gasteiger partial charge on any atom is -0.486 e. The number of carbonyl (C=O) groups is 1. The highest BCUT2D eigenvalue weighted by atomic mass is 16.6. The predicted molar refractivity (Wildman–Crippen MR) is 81.8 cm³/mol. The molecular formula is C16H24N2O3. The third-order valence-electron chi connectivity index (χ3n) is 3.79. The number of hydrogen-bond acceptors (Lipinski definition) is 4. The summed E-state index contributed by atoms with van der Waals surface area (Å²) in [5.41, 5.74) is 6.63. The summed E-state index contributed by atoms with van der Waals surface area (Å²) in [7, 11) is 1.80. The Labute approximate surface area is 126 Å². The summed E-state index contributed by atoms with van der Waals surface area (Å²) in [4.78, 5) is 14.1. The summed E-state index contributed by atoms with van der Waals surface area (Å²) in [5.74, 6) is 1.73. The fourth-order valence-corrected chi connectivity index (χ4v) is 2.17. The molecule has 1 amide bonds. The zero-order valence-electron chi connectivity index (χ0n) is 13.0. The topological polar surface area (TPSA) is 64.8 Å². The molecule has 2 N–H and O–H groups in total. The molecule has 2 rings (SSSR count). The first-order chi connectivity index (χ1) is 9.99. The zero-order valence-corrected chi connectivity index (χ0v) is 13.0. The normalized spacial score (nSPS) is 14.9. The first-order valence-corrected chi connectivity index (χ1v) is 7.39. The molecule has 0 saturated carbocycles. The van der Waals surface area contributed by atoms with E-state index in [0.717, 1.165) is 6.42 Å². The van der Waals surface area contributed by atoms with Crippen molar-refractivity contribution in [2.24, 2.45) is 11.7 Å². The molecule has 5 heteroatoms. The summed E-state index contributed by atoms with van der Waals surface area (Å²) in [6, 6.07) is 5.42. The van der Waals surface area contributed by atoms with E-state index in [4.69, 9.17) is 15.2 Å². The molecule has 1 atom stereocenters. The van der Waals surface area contributed by atoms with E-state index in [0.29, 0.717) is 42.7 Å². The third kappa shape index (κ3) is 3.88. The van der Waals surface area contributed by atoms with Crippen molar-refractivity contribution >= 4 is 5.91 Å². The van der Waals surface area contributed by atoms with Crippen molar-refractivity contribution in [1.29, 1.82) is 0 Å². The number of ether oxygens (including phenoxy) is 2. The van der Waals surface area contributed by atoms with Gasteiger partial charge in [-0.15, -0.1) is 0 Å². The van der Waals surface area contributed by atoms with Crippen LogP contribution in [0.25, 0.3) is 0 Å². The van der Waals surface area contributed by atoms with Gasteiger partial charge in [-0.2, -0.15) is 0 Å². The van der Waals surface area contributed by atoms with Crippen LogP contribution in [0.2, 0.25) is 0 Å². The largest absolute Gasteiger partial charge is 0.486 e. The van der Waals surface area contributed by atoms with Gasteiger partial charge < -0.3 is 20.1 Å². The minimum atomic E-state index is -0.0251. The monoisotopic (exact) mass is 292 g/mol. The average molecular weight is 292 g/mol. The molecule has 1 aliphatic heterocycles. The molecule has 1 aromatic carbocycles. The maximum atomic E-state index is 12.4. The lowest BCUT2D eigenvalue weighted by Gasteiger charge is -2.23. The van der Waals surface area contributed by atoms with Gasteiger partial charge in [-0.3, -0.25) is 4.79 Å². The van der Waals surface area contributed by atoms with E-state index < -0.39 is 0 Å². The Hall–Kier alpha value is -1.75. The van der Waals surface area contributed by atoms with E-state index in [9.17, 15) is 4.79 Å². The van der Waals surface area contributed by atoms with Crippen molar-refractivity contribution in [2.45, 2.75) is 26.3 Å². The van der Waals surface area contributed by atoms with Crippen molar-refractivity contribution in [3.05, 3.63) is 23.8 Å². The lowest BCUT2D eigenvalue weighted by molar-refractivity contribution is 0.0788. The van der Waals surface area contributed by atoms with Gasteiger partial charge in [0.1, 0.15) is 13.2 Å². The quantitative estimate of drug-likeness (QED) is 0.900. The van der Waals surface area contributed by atoms with Gasteiger partial charge in [0.15, 0.2) is 11.5 Å². The van der Waals surface area contributed by atoms with E-state index in [2.05, 4.69) is 13.8 Å². The second kappa shape index (κ2) is 6.80. The zero-order chi connectivity index (χ0) is 15.4. The van der Waals surface area contributed by atoms with Crippen LogP contribution in [-0.2, 0) is 0 Å². The Morgan fingerprint density at radius 3 is 2.62 bits per heavy atom. The fourth-order valence-electron chi connectivity index (χ4n) is 2.17. The molecular weight excluding hydrogens is 268 g/mol. The van der Waals surface area contributed by atoms with Gasteiger partial charge in [0, 0.05) is 25.2 Å². The Morgan fingerprint density at radius 1 is 1.29 bits per heavy atom. The lowest BCUT2D eigenvalue weighted by Crippen LogP contribution is -2.34. The van der Waals surface area contributed by atoms with Crippen LogP contribution in [-0.4, -0.2) is 43.7 Å². The number of amides is 1. The number of rotatable bonds is 5. The second-order valence-corrected chi connectivity index (χ2v) is 5.78. The number of fused-ring (bicyclic) bond motifs is 1. The molecule has 1 unspecified atom stereocenters. The molecule has 1 aromatic rings. The summed E-state index contributed by atoms with van der Waals surface area (Å²) >= 11 is 0. The van der Waals surface area contributed by atoms with Gasteiger partial charge in [0.2, 0.25) is 0 Å². The number of hydrogen-bond donors (Lipinski definition) is 1. The Balaban J connectivity index is 1.99. The summed E-state index contributed by atoms with van der Waals surface area (Å²) in [6.07, 6.45) is 0.796. The second-order valence-electron chi connectivity index (χ2n) is 5.78. The Morgan fingerprint density at radius 2 is 1.95 bits per heavy atom. The molecule has 5 nitrogen and oxygen atoms in total. The predicted octanol–water partition coefficient (Wildman–Crippen LogP) is 1.90. The molecule has 0 saturated heterocycles. The Bertz CT molecular complexity index is 502. The lowest BCUT2D eigenvalue weighted by atomic mass is 10.0. The SMILES string of the molecule is CC(C)C(N)CCN(C)C(=O)c1ccc2c(c1)OCCO2. The van der Waals surface area contributed by atoms with Crippen LogP contribution >= 0.6 is 0 Å². The van der Waals surface area contributed by atoms with E-state index in [1.807, 2.05) is 0 Å². The van der Waals surface area contributed by atoms with Crippen LogP contribution in [0.5, 0.6) is 11.5 Å². The highest BCUT2D eigenvalue weighted by Gasteiger charge is 2.18. The summed E-state index contributed by atoms with van der Waals surface area (Å²) in [5, 5.41) is 0. The molecule has 0 fully saturated rings. The van der Waals surface area contributed by atoms with E-state index >= 15 is 0 Å². The molecule has 0 aromatic heterocycles. The van der Waals surface area contributed by atoms with Gasteiger partial charge in [-0.1, -0.05) is 13.8 Å². The van der Waals surface area contributed by atoms with Crippen LogP contribution in [0.3, 0.4) is 0 Å². The van der Waals surface area contributed by atoms with E-state index in [-0.39, 0.29) is 11.9 Å². The fraction of sp³-hybridized carbons (Fsp3) is 0.562. The molecule has 116 valence electrons. The molecule has 0 radical (unpaired) electrons. The van der Waals surface area contributed by atoms with Crippen LogP contribution in [0, 0.1) is 5.92 Å². The van der Waals surface area contributed by atoms with Crippen molar-refractivity contribution < 1.29 is 14.3 Å². The van der Waals surface area contributed by atoms with Crippen LogP contribution in [0.1, 0.15) is 30.6 Å². The van der Waals surface area contributed by atoms with Gasteiger partial charge in [-0.25, -0.2) is 0 Å². The van der Waals surface area contributed by atoms with Crippen molar-refractivity contribution in [3.8, 4) is 11.5 Å². The Kier molecular flexibility index (Phi) is 5.07. The maximum absolute atomic E-state index is 12.4. The molecule has 21 heavy (non-hydrogen) atoms. The molecule has 0 bridgehead atoms. The average Bonchev–Trinajstić information content (AvgIpc) is 2.50. The maximum Gasteiger partial charge on any atom is 0.253 e. The first kappa shape index (κ1) is 15.6. The third-order valence-corrected chi connectivity index (χ3v) is 3.79. The standard InChI is InChI=1S/C16H24N2O3/c1-11(2)13(17)6-7-18(3)16(19)12-4-5-14-15(10-12)21-9-8-20-14/h4-5,10-11,13H,6-9,17H2,1-3H3. The van der Waals surface area contributed by atoms with Gasteiger partial charge in [0.25, 0.3) is 5.91 Å². The summed E-state index contributed by atoms with van der Waals surface area (Å²) in [6.45, 7) is 5.89. The van der Waals surface area contributed by atoms with E-state index in [1.165, 1.54) is 0 Å². The number of carbonyl (C=O) groups excluding carboxylic acids is 1. The molecule has 1 heterocycles. The van der Waals surface area contributed by atoms with Crippen molar-refractivity contribution in [1.82, 2.24) is 4.90 Å². The number of nitrogens with two attached hydrogens (primary N) is 1. The van der Waals surface area contributed by atoms with Crippen molar-refractivity contribution in [3.63, 3.8) is 0 Å². The molecule has 0 spiro atoms. The first-order valence-electron chi connectivity index (χ1n) is 7.39. The summed E-state index contributed by atoms with van der Waals surface area (Å²) < 4.78 is 11.0. The highest BCUT2D eigenvalue weighted by Crippen LogP contribution is 2.31. The smallest absolute Gasteiger partial charge is 0.253 e. The van der Waals surface area contributed by atoms with Gasteiger partial charge in [0.05, 0.1) is 0 Å². The number of benzene rings is 1. The number of nitrogens with zero attached hydrogens (tertiary/aromatic N) is 1.